The van der Waals surface area contributed by atoms with Crippen molar-refractivity contribution in [1.29, 1.82) is 0 Å². The van der Waals surface area contributed by atoms with Crippen LogP contribution in [0.1, 0.15) is 22.3 Å². The van der Waals surface area contributed by atoms with E-state index in [-0.39, 0.29) is 0 Å². The Bertz CT molecular complexity index is 452. The normalized spacial score (nSPS) is 10.9. The summed E-state index contributed by atoms with van der Waals surface area (Å²) in [6.07, 6.45) is 0. The van der Waals surface area contributed by atoms with Crippen LogP contribution in [0.3, 0.4) is 0 Å². The van der Waals surface area contributed by atoms with Gasteiger partial charge in [0.2, 0.25) is 0 Å². The molecule has 14 heavy (non-hydrogen) atoms. The molecule has 0 saturated heterocycles. The van der Waals surface area contributed by atoms with Crippen molar-refractivity contribution >= 4 is 0 Å². The first kappa shape index (κ1) is 9.26. The highest BCUT2D eigenvalue weighted by Crippen LogP contribution is 2.34. The number of rotatable bonds is 0. The second-order valence-electron chi connectivity index (χ2n) is 4.13. The molecule has 0 nitrogen and oxygen atoms in total. The Morgan fingerprint density at radius 2 is 1.43 bits per heavy atom. The third-order valence-electron chi connectivity index (χ3n) is 3.11. The Kier molecular flexibility index (Phi) is 2.07. The van der Waals surface area contributed by atoms with E-state index in [1.54, 1.807) is 0 Å². The Hall–Kier alpha value is -1.30. The van der Waals surface area contributed by atoms with E-state index in [0.717, 1.165) is 0 Å². The SMILES string of the molecule is Cc1cccc(C)c2c(C)c(C)cc1-2. The molecule has 0 bridgehead atoms. The molecular formula is C14H16. The average Bonchev–Trinajstić information content (AvgIpc) is 2.35. The smallest absolute Gasteiger partial charge is 0.0120 e. The van der Waals surface area contributed by atoms with Crippen molar-refractivity contribution < 1.29 is 0 Å². The minimum Gasteiger partial charge on any atom is -0.0617 e. The second-order valence-corrected chi connectivity index (χ2v) is 4.13. The maximum atomic E-state index is 2.30. The zero-order valence-electron chi connectivity index (χ0n) is 9.31. The highest BCUT2D eigenvalue weighted by molar-refractivity contribution is 5.78. The first-order chi connectivity index (χ1) is 6.61. The van der Waals surface area contributed by atoms with E-state index < -0.39 is 0 Å². The summed E-state index contributed by atoms with van der Waals surface area (Å²) in [5.41, 5.74) is 8.41. The summed E-state index contributed by atoms with van der Waals surface area (Å²) in [6.45, 7) is 8.77. The summed E-state index contributed by atoms with van der Waals surface area (Å²) in [6, 6.07) is 8.82. The lowest BCUT2D eigenvalue weighted by Crippen LogP contribution is -1.80. The third-order valence-corrected chi connectivity index (χ3v) is 3.11. The van der Waals surface area contributed by atoms with E-state index in [2.05, 4.69) is 52.0 Å². The third kappa shape index (κ3) is 1.22. The van der Waals surface area contributed by atoms with Gasteiger partial charge < -0.3 is 0 Å². The van der Waals surface area contributed by atoms with Crippen LogP contribution in [0, 0.1) is 27.7 Å². The minimum absolute atomic E-state index is 1.37. The molecule has 0 spiro atoms. The van der Waals surface area contributed by atoms with E-state index >= 15 is 0 Å². The fourth-order valence-corrected chi connectivity index (χ4v) is 2.13. The van der Waals surface area contributed by atoms with Crippen molar-refractivity contribution in [3.63, 3.8) is 0 Å². The molecule has 0 radical (unpaired) electrons. The van der Waals surface area contributed by atoms with Crippen LogP contribution >= 0.6 is 0 Å². The summed E-state index contributed by atoms with van der Waals surface area (Å²) >= 11 is 0. The zero-order valence-corrected chi connectivity index (χ0v) is 9.31. The maximum Gasteiger partial charge on any atom is -0.0120 e. The topological polar surface area (TPSA) is 0 Å². The lowest BCUT2D eigenvalue weighted by Gasteiger charge is -2.02. The molecular weight excluding hydrogens is 168 g/mol. The molecule has 0 aromatic heterocycles. The van der Waals surface area contributed by atoms with E-state index in [9.17, 15) is 0 Å². The number of hydrogen-bond acceptors (Lipinski definition) is 0. The van der Waals surface area contributed by atoms with Crippen molar-refractivity contribution in [2.24, 2.45) is 0 Å². The summed E-state index contributed by atoms with van der Waals surface area (Å²) in [5.74, 6) is 0. The molecule has 0 unspecified atom stereocenters. The molecule has 0 aromatic carbocycles. The van der Waals surface area contributed by atoms with Gasteiger partial charge in [-0.15, -0.1) is 0 Å². The zero-order chi connectivity index (χ0) is 10.3. The van der Waals surface area contributed by atoms with Crippen molar-refractivity contribution in [2.45, 2.75) is 27.7 Å². The second kappa shape index (κ2) is 3.13. The van der Waals surface area contributed by atoms with Crippen LogP contribution in [0.4, 0.5) is 0 Å². The van der Waals surface area contributed by atoms with Gasteiger partial charge in [-0.1, -0.05) is 24.3 Å². The van der Waals surface area contributed by atoms with Crippen LogP contribution in [0.15, 0.2) is 24.3 Å². The van der Waals surface area contributed by atoms with Crippen LogP contribution in [0.5, 0.6) is 0 Å². The largest absolute Gasteiger partial charge is 0.0617 e. The summed E-state index contributed by atoms with van der Waals surface area (Å²) in [4.78, 5) is 0. The lowest BCUT2D eigenvalue weighted by molar-refractivity contribution is 1.38. The molecule has 0 heteroatoms. The Morgan fingerprint density at radius 1 is 0.786 bits per heavy atom. The van der Waals surface area contributed by atoms with Gasteiger partial charge in [-0.3, -0.25) is 0 Å². The van der Waals surface area contributed by atoms with Gasteiger partial charge in [0.1, 0.15) is 0 Å². The monoisotopic (exact) mass is 184 g/mol. The quantitative estimate of drug-likeness (QED) is 0.580. The first-order valence-corrected chi connectivity index (χ1v) is 5.07. The van der Waals surface area contributed by atoms with Gasteiger partial charge in [0, 0.05) is 0 Å². The van der Waals surface area contributed by atoms with Crippen molar-refractivity contribution in [2.75, 3.05) is 0 Å². The van der Waals surface area contributed by atoms with Gasteiger partial charge >= 0.3 is 0 Å². The molecule has 0 N–H and O–H groups in total. The highest BCUT2D eigenvalue weighted by atomic mass is 14.2. The minimum atomic E-state index is 1.37. The van der Waals surface area contributed by atoms with Gasteiger partial charge in [-0.05, 0) is 61.1 Å². The summed E-state index contributed by atoms with van der Waals surface area (Å²) in [5, 5.41) is 0. The van der Waals surface area contributed by atoms with Crippen LogP contribution in [0.2, 0.25) is 0 Å². The molecule has 2 aliphatic rings. The van der Waals surface area contributed by atoms with Gasteiger partial charge in [-0.2, -0.15) is 0 Å². The molecule has 0 amide bonds. The summed E-state index contributed by atoms with van der Waals surface area (Å²) < 4.78 is 0. The van der Waals surface area contributed by atoms with Crippen LogP contribution < -0.4 is 0 Å². The molecule has 0 fully saturated rings. The molecule has 0 aromatic rings. The van der Waals surface area contributed by atoms with Gasteiger partial charge in [0.05, 0.1) is 0 Å². The highest BCUT2D eigenvalue weighted by Gasteiger charge is 2.12. The van der Waals surface area contributed by atoms with Gasteiger partial charge in [-0.25, -0.2) is 0 Å². The van der Waals surface area contributed by atoms with Gasteiger partial charge in [0.25, 0.3) is 0 Å². The number of aryl methyl sites for hydroxylation is 3. The van der Waals surface area contributed by atoms with E-state index in [1.807, 2.05) is 0 Å². The van der Waals surface area contributed by atoms with Crippen LogP contribution in [-0.4, -0.2) is 0 Å². The maximum absolute atomic E-state index is 2.30. The molecule has 0 atom stereocenters. The Morgan fingerprint density at radius 3 is 2.14 bits per heavy atom. The molecule has 2 aliphatic carbocycles. The molecule has 0 heterocycles. The standard InChI is InChI=1S/C14H16/c1-9-6-5-7-10(2)14-12(4)11(3)8-13(9)14/h5-8H,1-4H3. The fourth-order valence-electron chi connectivity index (χ4n) is 2.13. The predicted molar refractivity (Wildman–Crippen MR) is 62.0 cm³/mol. The van der Waals surface area contributed by atoms with E-state index in [1.165, 1.54) is 33.4 Å². The number of fused-ring (bicyclic) bond motifs is 1. The molecule has 2 rings (SSSR count). The number of hydrogen-bond donors (Lipinski definition) is 0. The van der Waals surface area contributed by atoms with Crippen LogP contribution in [-0.2, 0) is 0 Å². The Labute approximate surface area is 85.9 Å². The fraction of sp³-hybridized carbons (Fsp3) is 0.286. The van der Waals surface area contributed by atoms with Crippen molar-refractivity contribution in [3.05, 3.63) is 46.5 Å². The van der Waals surface area contributed by atoms with Crippen LogP contribution in [0.25, 0.3) is 11.1 Å². The lowest BCUT2D eigenvalue weighted by atomic mass is 10.0. The van der Waals surface area contributed by atoms with Crippen molar-refractivity contribution in [1.82, 2.24) is 0 Å². The van der Waals surface area contributed by atoms with Gasteiger partial charge in [0.15, 0.2) is 0 Å². The average molecular weight is 184 g/mol. The summed E-state index contributed by atoms with van der Waals surface area (Å²) in [7, 11) is 0. The first-order valence-electron chi connectivity index (χ1n) is 5.07. The van der Waals surface area contributed by atoms with E-state index in [0.29, 0.717) is 0 Å². The van der Waals surface area contributed by atoms with Crippen molar-refractivity contribution in [3.8, 4) is 11.1 Å². The predicted octanol–water partition coefficient (Wildman–Crippen LogP) is 4.03. The van der Waals surface area contributed by atoms with E-state index in [4.69, 9.17) is 0 Å². The molecule has 0 aliphatic heterocycles. The molecule has 0 saturated carbocycles. The molecule has 72 valence electrons. The Balaban J connectivity index is 2.90.